The summed E-state index contributed by atoms with van der Waals surface area (Å²) in [5.41, 5.74) is 20.6. The second-order valence-corrected chi connectivity index (χ2v) is 8.31. The van der Waals surface area contributed by atoms with Crippen LogP contribution in [0.1, 0.15) is 5.56 Å². The second-order valence-electron chi connectivity index (χ2n) is 8.31. The van der Waals surface area contributed by atoms with Gasteiger partial charge in [-0.05, 0) is 68.9 Å². The zero-order chi connectivity index (χ0) is 21.1. The average Bonchev–Trinajstić information content (AvgIpc) is 2.81. The molecule has 2 heteroatoms. The molecule has 0 fully saturated rings. The van der Waals surface area contributed by atoms with Crippen molar-refractivity contribution in [3.8, 4) is 22.3 Å². The number of hydrogen-bond acceptors (Lipinski definition) is 2. The Kier molecular flexibility index (Phi) is 3.72. The first-order valence-corrected chi connectivity index (χ1v) is 10.5. The summed E-state index contributed by atoms with van der Waals surface area (Å²) in [6.45, 7) is 2.15. The quantitative estimate of drug-likeness (QED) is 0.236. The molecule has 0 saturated carbocycles. The standard InChI is InChI=1S/C29H22N2/c1-17-7-8-20(18-5-3-2-4-6-18)15-24(17)25-16-21-10-12-22-26(30)14-11-19-9-13-23(29(25)31)28(21)27(19)22/h2-16H,30-31H2,1H3. The molecule has 6 aromatic rings. The summed E-state index contributed by atoms with van der Waals surface area (Å²) in [4.78, 5) is 0. The third-order valence-corrected chi connectivity index (χ3v) is 6.49. The molecule has 6 rings (SSSR count). The van der Waals surface area contributed by atoms with Crippen LogP contribution in [0, 0.1) is 6.92 Å². The zero-order valence-corrected chi connectivity index (χ0v) is 17.3. The Balaban J connectivity index is 1.67. The summed E-state index contributed by atoms with van der Waals surface area (Å²) in [5.74, 6) is 0. The summed E-state index contributed by atoms with van der Waals surface area (Å²) >= 11 is 0. The first kappa shape index (κ1) is 17.8. The van der Waals surface area contributed by atoms with Crippen molar-refractivity contribution in [1.29, 1.82) is 0 Å². The fourth-order valence-electron chi connectivity index (χ4n) is 4.87. The molecule has 0 radical (unpaired) electrons. The summed E-state index contributed by atoms with van der Waals surface area (Å²) in [5, 5.41) is 6.94. The second kappa shape index (κ2) is 6.48. The van der Waals surface area contributed by atoms with E-state index in [4.69, 9.17) is 11.5 Å². The predicted molar refractivity (Wildman–Crippen MR) is 135 cm³/mol. The van der Waals surface area contributed by atoms with Crippen molar-refractivity contribution in [2.75, 3.05) is 11.5 Å². The highest BCUT2D eigenvalue weighted by Gasteiger charge is 2.16. The van der Waals surface area contributed by atoms with Gasteiger partial charge in [0.25, 0.3) is 0 Å². The molecule has 2 nitrogen and oxygen atoms in total. The van der Waals surface area contributed by atoms with Gasteiger partial charge < -0.3 is 11.5 Å². The predicted octanol–water partition coefficient (Wildman–Crippen LogP) is 7.39. The molecule has 0 spiro atoms. The van der Waals surface area contributed by atoms with Crippen molar-refractivity contribution in [2.24, 2.45) is 0 Å². The molecule has 0 aliphatic carbocycles. The van der Waals surface area contributed by atoms with E-state index in [0.29, 0.717) is 0 Å². The Morgan fingerprint density at radius 3 is 2.10 bits per heavy atom. The van der Waals surface area contributed by atoms with Gasteiger partial charge >= 0.3 is 0 Å². The van der Waals surface area contributed by atoms with Gasteiger partial charge in [0.2, 0.25) is 0 Å². The van der Waals surface area contributed by atoms with Crippen molar-refractivity contribution in [3.05, 3.63) is 96.6 Å². The maximum Gasteiger partial charge on any atom is 0.0474 e. The van der Waals surface area contributed by atoms with Crippen LogP contribution in [-0.4, -0.2) is 0 Å². The van der Waals surface area contributed by atoms with E-state index in [1.54, 1.807) is 0 Å². The third-order valence-electron chi connectivity index (χ3n) is 6.49. The van der Waals surface area contributed by atoms with Gasteiger partial charge in [-0.15, -0.1) is 0 Å². The van der Waals surface area contributed by atoms with Crippen molar-refractivity contribution in [3.63, 3.8) is 0 Å². The fourth-order valence-corrected chi connectivity index (χ4v) is 4.87. The molecule has 0 aliphatic heterocycles. The topological polar surface area (TPSA) is 52.0 Å². The molecule has 0 unspecified atom stereocenters. The van der Waals surface area contributed by atoms with Gasteiger partial charge in [-0.2, -0.15) is 0 Å². The SMILES string of the molecule is Cc1ccc(-c2ccccc2)cc1-c1cc2ccc3c(N)ccc4ccc(c1N)c2c43. The summed E-state index contributed by atoms with van der Waals surface area (Å²) in [7, 11) is 0. The molecule has 0 amide bonds. The fraction of sp³-hybridized carbons (Fsp3) is 0.0345. The summed E-state index contributed by atoms with van der Waals surface area (Å²) in [6, 6.07) is 32.0. The number of rotatable bonds is 2. The molecule has 0 aliphatic rings. The first-order valence-electron chi connectivity index (χ1n) is 10.5. The van der Waals surface area contributed by atoms with Crippen LogP contribution in [0.3, 0.4) is 0 Å². The molecular weight excluding hydrogens is 376 g/mol. The van der Waals surface area contributed by atoms with Crippen LogP contribution < -0.4 is 11.5 Å². The Morgan fingerprint density at radius 2 is 1.26 bits per heavy atom. The molecule has 0 bridgehead atoms. The Bertz CT molecular complexity index is 1600. The van der Waals surface area contributed by atoms with Crippen molar-refractivity contribution < 1.29 is 0 Å². The summed E-state index contributed by atoms with van der Waals surface area (Å²) < 4.78 is 0. The van der Waals surface area contributed by atoms with E-state index in [9.17, 15) is 0 Å². The molecule has 0 heterocycles. The minimum atomic E-state index is 0.802. The first-order chi connectivity index (χ1) is 15.1. The maximum absolute atomic E-state index is 6.83. The van der Waals surface area contributed by atoms with Gasteiger partial charge in [-0.3, -0.25) is 0 Å². The molecular formula is C29H22N2. The van der Waals surface area contributed by atoms with Gasteiger partial charge in [0.1, 0.15) is 0 Å². The molecule has 0 aromatic heterocycles. The Morgan fingerprint density at radius 1 is 0.548 bits per heavy atom. The van der Waals surface area contributed by atoms with Crippen LogP contribution >= 0.6 is 0 Å². The van der Waals surface area contributed by atoms with E-state index in [2.05, 4.69) is 85.8 Å². The lowest BCUT2D eigenvalue weighted by molar-refractivity contribution is 1.46. The average molecular weight is 399 g/mol. The molecule has 4 N–H and O–H groups in total. The molecule has 0 atom stereocenters. The maximum atomic E-state index is 6.83. The highest BCUT2D eigenvalue weighted by molar-refractivity contribution is 6.28. The number of aryl methyl sites for hydroxylation is 1. The van der Waals surface area contributed by atoms with E-state index < -0.39 is 0 Å². The van der Waals surface area contributed by atoms with E-state index in [-0.39, 0.29) is 0 Å². The minimum Gasteiger partial charge on any atom is -0.398 e. The Hall–Kier alpha value is -4.04. The monoisotopic (exact) mass is 398 g/mol. The van der Waals surface area contributed by atoms with E-state index >= 15 is 0 Å². The van der Waals surface area contributed by atoms with Gasteiger partial charge in [-0.1, -0.05) is 72.8 Å². The number of nitrogens with two attached hydrogens (primary N) is 2. The zero-order valence-electron chi connectivity index (χ0n) is 17.3. The van der Waals surface area contributed by atoms with E-state index in [0.717, 1.165) is 27.7 Å². The van der Waals surface area contributed by atoms with Crippen molar-refractivity contribution in [2.45, 2.75) is 6.92 Å². The molecule has 148 valence electrons. The van der Waals surface area contributed by atoms with Gasteiger partial charge in [0, 0.05) is 27.7 Å². The van der Waals surface area contributed by atoms with Gasteiger partial charge in [0.15, 0.2) is 0 Å². The van der Waals surface area contributed by atoms with Crippen LogP contribution in [0.15, 0.2) is 91.0 Å². The van der Waals surface area contributed by atoms with Crippen LogP contribution in [0.5, 0.6) is 0 Å². The van der Waals surface area contributed by atoms with Crippen molar-refractivity contribution >= 4 is 43.7 Å². The molecule has 6 aromatic carbocycles. The van der Waals surface area contributed by atoms with Crippen LogP contribution in [0.4, 0.5) is 11.4 Å². The van der Waals surface area contributed by atoms with Crippen LogP contribution in [0.2, 0.25) is 0 Å². The van der Waals surface area contributed by atoms with Crippen molar-refractivity contribution in [1.82, 2.24) is 0 Å². The molecule has 31 heavy (non-hydrogen) atoms. The van der Waals surface area contributed by atoms with E-state index in [1.807, 2.05) is 12.1 Å². The molecule has 0 saturated heterocycles. The lowest BCUT2D eigenvalue weighted by Gasteiger charge is -2.18. The highest BCUT2D eigenvalue weighted by Crippen LogP contribution is 2.43. The number of benzene rings is 6. The minimum absolute atomic E-state index is 0.802. The number of anilines is 2. The Labute approximate surface area is 181 Å². The normalized spacial score (nSPS) is 11.6. The smallest absolute Gasteiger partial charge is 0.0474 e. The lowest BCUT2D eigenvalue weighted by atomic mass is 9.88. The van der Waals surface area contributed by atoms with Gasteiger partial charge in [-0.25, -0.2) is 0 Å². The van der Waals surface area contributed by atoms with Crippen LogP contribution in [0.25, 0.3) is 54.6 Å². The lowest BCUT2D eigenvalue weighted by Crippen LogP contribution is -1.97. The number of hydrogen-bond donors (Lipinski definition) is 2. The highest BCUT2D eigenvalue weighted by atomic mass is 14.6. The van der Waals surface area contributed by atoms with E-state index in [1.165, 1.54) is 43.8 Å². The van der Waals surface area contributed by atoms with Crippen LogP contribution in [-0.2, 0) is 0 Å². The third kappa shape index (κ3) is 2.58. The largest absolute Gasteiger partial charge is 0.398 e. The summed E-state index contributed by atoms with van der Waals surface area (Å²) in [6.07, 6.45) is 0. The number of nitrogen functional groups attached to an aromatic ring is 2. The van der Waals surface area contributed by atoms with Gasteiger partial charge in [0.05, 0.1) is 0 Å².